The van der Waals surface area contributed by atoms with Gasteiger partial charge in [0.05, 0.1) is 38.6 Å². The molecular weight excluding hydrogens is 1460 g/mol. The predicted octanol–water partition coefficient (Wildman–Crippen LogP) is 19.8. The van der Waals surface area contributed by atoms with E-state index in [1.165, 1.54) is 347 Å². The van der Waals surface area contributed by atoms with Crippen molar-refractivity contribution in [1.82, 2.24) is 5.32 Å². The first kappa shape index (κ1) is 107. The maximum absolute atomic E-state index is 13.6. The van der Waals surface area contributed by atoms with Gasteiger partial charge in [-0.1, -0.05) is 416 Å². The van der Waals surface area contributed by atoms with E-state index in [9.17, 15) is 61.0 Å². The summed E-state index contributed by atoms with van der Waals surface area (Å²) in [5.74, 6) is -0.232. The van der Waals surface area contributed by atoms with Gasteiger partial charge in [-0.2, -0.15) is 0 Å². The van der Waals surface area contributed by atoms with Gasteiger partial charge in [0.15, 0.2) is 18.9 Å². The largest absolute Gasteiger partial charge is 0.394 e. The van der Waals surface area contributed by atoms with E-state index in [4.69, 9.17) is 28.4 Å². The van der Waals surface area contributed by atoms with E-state index in [0.717, 1.165) is 57.8 Å². The summed E-state index contributed by atoms with van der Waals surface area (Å²) in [6.07, 6.45) is 71.4. The van der Waals surface area contributed by atoms with E-state index < -0.39 is 124 Å². The summed E-state index contributed by atoms with van der Waals surface area (Å²) >= 11 is 0. The third-order valence-corrected chi connectivity index (χ3v) is 24.5. The molecule has 3 saturated heterocycles. The fraction of sp³-hybridized carbons (Fsp3) is 0.927. The van der Waals surface area contributed by atoms with Crippen molar-refractivity contribution in [2.75, 3.05) is 26.4 Å². The van der Waals surface area contributed by atoms with Gasteiger partial charge in [-0.3, -0.25) is 4.79 Å². The average Bonchev–Trinajstić information content (AvgIpc) is 0.778. The van der Waals surface area contributed by atoms with Crippen molar-refractivity contribution in [3.05, 3.63) is 36.5 Å². The van der Waals surface area contributed by atoms with E-state index in [0.29, 0.717) is 12.8 Å². The Morgan fingerprint density at radius 3 is 0.896 bits per heavy atom. The van der Waals surface area contributed by atoms with Crippen LogP contribution >= 0.6 is 0 Å². The van der Waals surface area contributed by atoms with Crippen molar-refractivity contribution in [1.29, 1.82) is 0 Å². The molecule has 0 aromatic heterocycles. The lowest BCUT2D eigenvalue weighted by Gasteiger charge is -2.48. The molecule has 3 aliphatic heterocycles. The molecule has 3 aliphatic rings. The van der Waals surface area contributed by atoms with Crippen LogP contribution in [0, 0.1) is 0 Å². The zero-order valence-electron chi connectivity index (χ0n) is 73.6. The number of hydrogen-bond acceptors (Lipinski definition) is 18. The fourth-order valence-corrected chi connectivity index (χ4v) is 16.7. The number of amides is 1. The highest BCUT2D eigenvalue weighted by Crippen LogP contribution is 2.34. The molecule has 0 aliphatic carbocycles. The van der Waals surface area contributed by atoms with Crippen LogP contribution in [0.2, 0.25) is 0 Å². The molecule has 115 heavy (non-hydrogen) atoms. The number of carbonyl (C=O) groups excluding carboxylic acids is 1. The Bertz CT molecular complexity index is 2210. The van der Waals surface area contributed by atoms with Gasteiger partial charge < -0.3 is 89.9 Å². The van der Waals surface area contributed by atoms with Gasteiger partial charge in [0.25, 0.3) is 0 Å². The Labute approximate surface area is 701 Å². The second-order valence-electron chi connectivity index (χ2n) is 34.9. The van der Waals surface area contributed by atoms with Gasteiger partial charge in [-0.15, -0.1) is 0 Å². The summed E-state index contributed by atoms with van der Waals surface area (Å²) in [6, 6.07) is -0.887. The van der Waals surface area contributed by atoms with E-state index >= 15 is 0 Å². The van der Waals surface area contributed by atoms with Gasteiger partial charge >= 0.3 is 0 Å². The summed E-state index contributed by atoms with van der Waals surface area (Å²) in [4.78, 5) is 13.6. The minimum absolute atomic E-state index is 0.232. The van der Waals surface area contributed by atoms with Gasteiger partial charge in [0.2, 0.25) is 5.91 Å². The molecule has 0 saturated carbocycles. The molecule has 17 atom stereocenters. The summed E-state index contributed by atoms with van der Waals surface area (Å²) in [7, 11) is 0. The summed E-state index contributed by atoms with van der Waals surface area (Å²) < 4.78 is 34.6. The van der Waals surface area contributed by atoms with Crippen LogP contribution in [0.1, 0.15) is 438 Å². The first-order valence-corrected chi connectivity index (χ1v) is 48.7. The van der Waals surface area contributed by atoms with E-state index in [-0.39, 0.29) is 18.9 Å². The Balaban J connectivity index is 1.27. The number of aliphatic hydroxyl groups is 11. The summed E-state index contributed by atoms with van der Waals surface area (Å²) in [6.45, 7) is 1.87. The van der Waals surface area contributed by atoms with Crippen LogP contribution < -0.4 is 5.32 Å². The van der Waals surface area contributed by atoms with Gasteiger partial charge in [-0.05, 0) is 51.4 Å². The van der Waals surface area contributed by atoms with Crippen LogP contribution in [0.15, 0.2) is 36.5 Å². The molecule has 19 nitrogen and oxygen atoms in total. The second kappa shape index (κ2) is 75.7. The molecule has 1 amide bonds. The summed E-state index contributed by atoms with van der Waals surface area (Å²) in [5.41, 5.74) is 0. The molecule has 678 valence electrons. The highest BCUT2D eigenvalue weighted by atomic mass is 16.8. The van der Waals surface area contributed by atoms with Gasteiger partial charge in [0.1, 0.15) is 73.2 Å². The minimum atomic E-state index is -1.97. The van der Waals surface area contributed by atoms with Crippen LogP contribution in [0.25, 0.3) is 0 Å². The number of hydrogen-bond donors (Lipinski definition) is 12. The normalized spacial score (nSPS) is 24.7. The SMILES string of the molecule is CCCCCCC/C=C\C/C=C\C/C=C\CCCCCCCCCCCCCCCCCCCCCCCCCCCCC(=O)NC(COC1OC(CO)C(OC2OC(CO)C(OC3OC(CO)C(O)C(O)C3O)C(O)C2O)C(O)C1O)C(O)CCCCCCCCCCCCCCCCCCCCCCCCCCCCCCC. The molecule has 0 aromatic carbocycles. The monoisotopic (exact) mass is 1640 g/mol. The van der Waals surface area contributed by atoms with Crippen LogP contribution in [0.5, 0.6) is 0 Å². The first-order chi connectivity index (χ1) is 56.3. The Hall–Kier alpha value is -1.99. The third-order valence-electron chi connectivity index (χ3n) is 24.5. The molecule has 0 spiro atoms. The van der Waals surface area contributed by atoms with Crippen molar-refractivity contribution >= 4 is 5.91 Å². The quantitative estimate of drug-likeness (QED) is 0.0199. The standard InChI is InChI=1S/C96H181NO18/c1-3-5-7-9-11-13-15-17-19-21-23-25-27-29-31-33-34-35-36-37-38-39-40-41-42-43-44-46-48-50-52-54-56-58-60-62-64-66-68-70-72-74-84(102)97-79(80(101)73-71-69-67-65-63-61-59-57-55-53-51-49-47-45-32-30-28-26-24-22-20-18-16-14-12-10-8-6-4-2)78-110-94-90(108)87(105)92(82(76-99)112-94)115-96-91(109)88(106)93(83(77-100)113-96)114-95-89(107)86(104)85(103)81(75-98)111-95/h15,17,21,23,27,29,79-83,85-96,98-101,103-109H,3-14,16,18-20,22,24-26,28,30-78H2,1-2H3,(H,97,102)/b17-15-,23-21-,29-27-. The average molecular weight is 1640 g/mol. The molecule has 3 rings (SSSR count). The zero-order valence-corrected chi connectivity index (χ0v) is 73.6. The lowest BCUT2D eigenvalue weighted by molar-refractivity contribution is -0.379. The van der Waals surface area contributed by atoms with Crippen LogP contribution in [-0.4, -0.2) is 193 Å². The maximum Gasteiger partial charge on any atom is 0.220 e. The number of aliphatic hydroxyl groups excluding tert-OH is 11. The highest BCUT2D eigenvalue weighted by molar-refractivity contribution is 5.76. The zero-order chi connectivity index (χ0) is 83.1. The number of rotatable bonds is 81. The molecular formula is C96H181NO18. The maximum atomic E-state index is 13.6. The van der Waals surface area contributed by atoms with Crippen molar-refractivity contribution in [3.63, 3.8) is 0 Å². The Morgan fingerprint density at radius 1 is 0.313 bits per heavy atom. The molecule has 0 bridgehead atoms. The van der Waals surface area contributed by atoms with E-state index in [2.05, 4.69) is 55.6 Å². The molecule has 17 unspecified atom stereocenters. The van der Waals surface area contributed by atoms with Crippen molar-refractivity contribution in [2.45, 2.75) is 542 Å². The fourth-order valence-electron chi connectivity index (χ4n) is 16.7. The van der Waals surface area contributed by atoms with Crippen molar-refractivity contribution < 1.29 is 89.4 Å². The minimum Gasteiger partial charge on any atom is -0.394 e. The number of carbonyl (C=O) groups is 1. The second-order valence-corrected chi connectivity index (χ2v) is 34.9. The number of ether oxygens (including phenoxy) is 6. The molecule has 19 heteroatoms. The lowest BCUT2D eigenvalue weighted by atomic mass is 9.96. The predicted molar refractivity (Wildman–Crippen MR) is 466 cm³/mol. The molecule has 0 radical (unpaired) electrons. The van der Waals surface area contributed by atoms with Crippen LogP contribution in [0.4, 0.5) is 0 Å². The van der Waals surface area contributed by atoms with Gasteiger partial charge in [-0.25, -0.2) is 0 Å². The van der Waals surface area contributed by atoms with E-state index in [1.54, 1.807) is 0 Å². The lowest BCUT2D eigenvalue weighted by Crippen LogP contribution is -2.66. The molecule has 3 heterocycles. The van der Waals surface area contributed by atoms with Crippen LogP contribution in [0.3, 0.4) is 0 Å². The van der Waals surface area contributed by atoms with Crippen molar-refractivity contribution in [2.24, 2.45) is 0 Å². The topological polar surface area (TPSA) is 307 Å². The van der Waals surface area contributed by atoms with E-state index in [1.807, 2.05) is 0 Å². The first-order valence-electron chi connectivity index (χ1n) is 48.7. The number of unbranched alkanes of at least 4 members (excludes halogenated alkanes) is 59. The molecule has 0 aromatic rings. The van der Waals surface area contributed by atoms with Crippen molar-refractivity contribution in [3.8, 4) is 0 Å². The van der Waals surface area contributed by atoms with Gasteiger partial charge in [0, 0.05) is 6.42 Å². The highest BCUT2D eigenvalue weighted by Gasteiger charge is 2.54. The number of allylic oxidation sites excluding steroid dienone is 6. The third kappa shape index (κ3) is 53.6. The molecule has 12 N–H and O–H groups in total. The Kier molecular flexibility index (Phi) is 70.6. The summed E-state index contributed by atoms with van der Waals surface area (Å²) in [5, 5.41) is 122. The van der Waals surface area contributed by atoms with Crippen LogP contribution in [-0.2, 0) is 33.2 Å². The molecule has 3 fully saturated rings. The number of nitrogens with one attached hydrogen (secondary N) is 1. The Morgan fingerprint density at radius 2 is 0.574 bits per heavy atom. The smallest absolute Gasteiger partial charge is 0.220 e.